The van der Waals surface area contributed by atoms with Crippen LogP contribution >= 0.6 is 0 Å². The van der Waals surface area contributed by atoms with Gasteiger partial charge in [-0.3, -0.25) is 0 Å². The number of rotatable bonds is 5. The van der Waals surface area contributed by atoms with Crippen LogP contribution in [0.1, 0.15) is 141 Å². The Labute approximate surface area is 209 Å². The number of hydrogen-bond donors (Lipinski definition) is 2. The molecule has 0 atom stereocenters. The molecule has 2 aliphatic rings. The fourth-order valence-corrected chi connectivity index (χ4v) is 5.44. The fourth-order valence-electron chi connectivity index (χ4n) is 5.44. The van der Waals surface area contributed by atoms with Crippen molar-refractivity contribution in [1.29, 1.82) is 0 Å². The Morgan fingerprint density at radius 3 is 1.21 bits per heavy atom. The summed E-state index contributed by atoms with van der Waals surface area (Å²) in [5, 5.41) is 7.45. The van der Waals surface area contributed by atoms with Crippen LogP contribution in [0.5, 0.6) is 0 Å². The number of hydrogen-bond acceptors (Lipinski definition) is 3. The van der Waals surface area contributed by atoms with Gasteiger partial charge >= 0.3 is 0 Å². The molecule has 2 saturated carbocycles. The molecule has 3 nitrogen and oxygen atoms in total. The van der Waals surface area contributed by atoms with E-state index in [1.165, 1.54) is 57.8 Å². The largest absolute Gasteiger partial charge is 0.376 e. The van der Waals surface area contributed by atoms with E-state index < -0.39 is 0 Å². The molecule has 0 unspecified atom stereocenters. The third kappa shape index (κ3) is 17.0. The van der Waals surface area contributed by atoms with Crippen LogP contribution in [0.3, 0.4) is 0 Å². The van der Waals surface area contributed by atoms with Crippen LogP contribution in [0.25, 0.3) is 0 Å². The average molecular weight is 467 g/mol. The first-order chi connectivity index (χ1) is 14.8. The van der Waals surface area contributed by atoms with Crippen LogP contribution in [0.4, 0.5) is 0 Å². The van der Waals surface area contributed by atoms with E-state index in [1.54, 1.807) is 0 Å². The number of nitrogens with one attached hydrogen (secondary N) is 2. The second-order valence-corrected chi connectivity index (χ2v) is 15.4. The minimum atomic E-state index is 0.0144. The zero-order chi connectivity index (χ0) is 25.5. The van der Waals surface area contributed by atoms with E-state index in [9.17, 15) is 0 Å². The topological polar surface area (TPSA) is 33.3 Å². The van der Waals surface area contributed by atoms with Crippen molar-refractivity contribution in [3.8, 4) is 0 Å². The summed E-state index contributed by atoms with van der Waals surface area (Å²) in [6.07, 6.45) is 12.2. The Hall–Kier alpha value is -0.120. The van der Waals surface area contributed by atoms with Gasteiger partial charge in [-0.1, -0.05) is 20.8 Å². The average Bonchev–Trinajstić information content (AvgIpc) is 2.59. The minimum absolute atomic E-state index is 0.0144. The van der Waals surface area contributed by atoms with Gasteiger partial charge in [-0.05, 0) is 137 Å². The zero-order valence-electron chi connectivity index (χ0n) is 24.8. The predicted molar refractivity (Wildman–Crippen MR) is 147 cm³/mol. The maximum atomic E-state index is 5.88. The quantitative estimate of drug-likeness (QED) is 0.429. The van der Waals surface area contributed by atoms with Crippen LogP contribution < -0.4 is 10.6 Å². The molecule has 198 valence electrons. The van der Waals surface area contributed by atoms with Crippen LogP contribution in [0, 0.1) is 17.3 Å². The minimum Gasteiger partial charge on any atom is -0.376 e. The standard InChI is InChI=1S/C15H31NO.C15H31N/c1-14(2,3)16-13-9-7-12(8-10-13)11-17-15(4,5)6;1-14(2,3)11-12-7-9-13(10-8-12)16-15(4,5)6/h12-13,16H,7-11H2,1-6H3;12-13,16H,7-11H2,1-6H3. The van der Waals surface area contributed by atoms with Crippen molar-refractivity contribution < 1.29 is 4.74 Å². The molecule has 0 heterocycles. The fraction of sp³-hybridized carbons (Fsp3) is 1.00. The van der Waals surface area contributed by atoms with Gasteiger partial charge in [-0.15, -0.1) is 0 Å². The van der Waals surface area contributed by atoms with Gasteiger partial charge in [-0.25, -0.2) is 0 Å². The maximum Gasteiger partial charge on any atom is 0.0598 e. The Morgan fingerprint density at radius 2 is 0.909 bits per heavy atom. The Balaban J connectivity index is 0.000000331. The molecule has 33 heavy (non-hydrogen) atoms. The van der Waals surface area contributed by atoms with E-state index in [0.717, 1.165) is 24.5 Å². The third-order valence-corrected chi connectivity index (χ3v) is 6.62. The molecule has 2 N–H and O–H groups in total. The SMILES string of the molecule is CC(C)(C)CC1CCC(NC(C)(C)C)CC1.CC(C)(C)NC1CCC(COC(C)(C)C)CC1. The van der Waals surface area contributed by atoms with Crippen molar-refractivity contribution >= 4 is 0 Å². The Morgan fingerprint density at radius 1 is 0.545 bits per heavy atom. The summed E-state index contributed by atoms with van der Waals surface area (Å²) < 4.78 is 5.88. The Bertz CT molecular complexity index is 489. The third-order valence-electron chi connectivity index (χ3n) is 6.62. The molecular formula is C30H62N2O. The second-order valence-electron chi connectivity index (χ2n) is 15.4. The number of ether oxygens (including phenoxy) is 1. The Kier molecular flexibility index (Phi) is 11.9. The van der Waals surface area contributed by atoms with E-state index in [0.29, 0.717) is 11.5 Å². The first kappa shape index (κ1) is 30.9. The molecule has 2 fully saturated rings. The second kappa shape index (κ2) is 12.7. The van der Waals surface area contributed by atoms with E-state index in [-0.39, 0.29) is 16.7 Å². The highest BCUT2D eigenvalue weighted by atomic mass is 16.5. The molecule has 3 heteroatoms. The van der Waals surface area contributed by atoms with Gasteiger partial charge < -0.3 is 15.4 Å². The molecule has 0 aromatic carbocycles. The molecule has 0 spiro atoms. The molecule has 2 aliphatic carbocycles. The first-order valence-electron chi connectivity index (χ1n) is 14.0. The van der Waals surface area contributed by atoms with E-state index in [4.69, 9.17) is 4.74 Å². The molecule has 0 aromatic heterocycles. The zero-order valence-corrected chi connectivity index (χ0v) is 24.8. The summed E-state index contributed by atoms with van der Waals surface area (Å²) in [6, 6.07) is 1.47. The molecule has 0 aliphatic heterocycles. The van der Waals surface area contributed by atoms with Crippen LogP contribution in [-0.4, -0.2) is 35.4 Å². The summed E-state index contributed by atoms with van der Waals surface area (Å²) in [6.45, 7) is 28.0. The molecule has 0 amide bonds. The molecule has 0 aromatic rings. The van der Waals surface area contributed by atoms with Crippen molar-refractivity contribution in [2.45, 2.75) is 170 Å². The van der Waals surface area contributed by atoms with Crippen molar-refractivity contribution in [3.63, 3.8) is 0 Å². The van der Waals surface area contributed by atoms with E-state index >= 15 is 0 Å². The van der Waals surface area contributed by atoms with Crippen molar-refractivity contribution in [3.05, 3.63) is 0 Å². The van der Waals surface area contributed by atoms with Crippen LogP contribution in [0.2, 0.25) is 0 Å². The lowest BCUT2D eigenvalue weighted by molar-refractivity contribution is -0.0293. The maximum absolute atomic E-state index is 5.88. The molecule has 2 rings (SSSR count). The highest BCUT2D eigenvalue weighted by Gasteiger charge is 2.27. The summed E-state index contributed by atoms with van der Waals surface area (Å²) >= 11 is 0. The first-order valence-corrected chi connectivity index (χ1v) is 14.0. The van der Waals surface area contributed by atoms with Gasteiger partial charge in [0, 0.05) is 23.2 Å². The van der Waals surface area contributed by atoms with Crippen molar-refractivity contribution in [2.24, 2.45) is 17.3 Å². The molecular weight excluding hydrogens is 404 g/mol. The lowest BCUT2D eigenvalue weighted by atomic mass is 9.76. The van der Waals surface area contributed by atoms with Crippen LogP contribution in [-0.2, 0) is 4.74 Å². The highest BCUT2D eigenvalue weighted by Crippen LogP contribution is 2.34. The van der Waals surface area contributed by atoms with Crippen LogP contribution in [0.15, 0.2) is 0 Å². The molecule has 0 saturated heterocycles. The normalized spacial score (nSPS) is 27.6. The lowest BCUT2D eigenvalue weighted by Crippen LogP contribution is -2.45. The summed E-state index contributed by atoms with van der Waals surface area (Å²) in [5.41, 5.74) is 1.05. The van der Waals surface area contributed by atoms with Gasteiger partial charge in [0.1, 0.15) is 0 Å². The summed E-state index contributed by atoms with van der Waals surface area (Å²) in [5.74, 6) is 1.74. The van der Waals surface area contributed by atoms with Gasteiger partial charge in [0.25, 0.3) is 0 Å². The van der Waals surface area contributed by atoms with Crippen molar-refractivity contribution in [1.82, 2.24) is 10.6 Å². The molecule has 0 radical (unpaired) electrons. The predicted octanol–water partition coefficient (Wildman–Crippen LogP) is 8.12. The van der Waals surface area contributed by atoms with Gasteiger partial charge in [0.15, 0.2) is 0 Å². The van der Waals surface area contributed by atoms with Gasteiger partial charge in [-0.2, -0.15) is 0 Å². The van der Waals surface area contributed by atoms with E-state index in [2.05, 4.69) is 93.7 Å². The van der Waals surface area contributed by atoms with Gasteiger partial charge in [0.2, 0.25) is 0 Å². The molecule has 0 bridgehead atoms. The smallest absolute Gasteiger partial charge is 0.0598 e. The van der Waals surface area contributed by atoms with Crippen molar-refractivity contribution in [2.75, 3.05) is 6.61 Å². The summed E-state index contributed by atoms with van der Waals surface area (Å²) in [7, 11) is 0. The highest BCUT2D eigenvalue weighted by molar-refractivity contribution is 4.85. The summed E-state index contributed by atoms with van der Waals surface area (Å²) in [4.78, 5) is 0. The lowest BCUT2D eigenvalue weighted by Gasteiger charge is -2.36. The monoisotopic (exact) mass is 466 g/mol. The van der Waals surface area contributed by atoms with E-state index in [1.807, 2.05) is 0 Å². The van der Waals surface area contributed by atoms with Gasteiger partial charge in [0.05, 0.1) is 12.2 Å².